The van der Waals surface area contributed by atoms with Gasteiger partial charge in [-0.1, -0.05) is 19.1 Å². The summed E-state index contributed by atoms with van der Waals surface area (Å²) in [7, 11) is -3.35. The predicted octanol–water partition coefficient (Wildman–Crippen LogP) is 2.89. The molecule has 1 aliphatic rings. The van der Waals surface area contributed by atoms with Crippen LogP contribution in [-0.4, -0.2) is 26.6 Å². The van der Waals surface area contributed by atoms with E-state index in [1.165, 1.54) is 17.0 Å². The number of amides is 1. The van der Waals surface area contributed by atoms with Crippen molar-refractivity contribution >= 4 is 21.4 Å². The van der Waals surface area contributed by atoms with Crippen molar-refractivity contribution in [1.82, 2.24) is 0 Å². The fourth-order valence-corrected chi connectivity index (χ4v) is 3.88. The Balaban J connectivity index is 1.84. The molecule has 0 saturated carbocycles. The molecule has 0 radical (unpaired) electrons. The smallest absolute Gasteiger partial charge is 0.231 e. The molecule has 25 heavy (non-hydrogen) atoms. The molecule has 0 saturated heterocycles. The first-order valence-corrected chi connectivity index (χ1v) is 9.57. The summed E-state index contributed by atoms with van der Waals surface area (Å²) in [5.74, 6) is -2.22. The lowest BCUT2D eigenvalue weighted by Crippen LogP contribution is -2.30. The van der Waals surface area contributed by atoms with Gasteiger partial charge in [0.2, 0.25) is 5.91 Å². The maximum Gasteiger partial charge on any atom is 0.231 e. The summed E-state index contributed by atoms with van der Waals surface area (Å²) in [6.45, 7) is 1.91. The molecule has 132 valence electrons. The molecule has 2 aromatic rings. The first-order valence-electron chi connectivity index (χ1n) is 7.92. The van der Waals surface area contributed by atoms with Crippen LogP contribution >= 0.6 is 0 Å². The average molecular weight is 365 g/mol. The molecule has 2 aromatic carbocycles. The van der Waals surface area contributed by atoms with E-state index >= 15 is 0 Å². The normalized spacial score (nSPS) is 13.8. The van der Waals surface area contributed by atoms with E-state index in [9.17, 15) is 22.0 Å². The monoisotopic (exact) mass is 365 g/mol. The van der Waals surface area contributed by atoms with Gasteiger partial charge in [0.1, 0.15) is 0 Å². The summed E-state index contributed by atoms with van der Waals surface area (Å²) < 4.78 is 50.7. The molecule has 0 unspecified atom stereocenters. The third kappa shape index (κ3) is 3.42. The Morgan fingerprint density at radius 3 is 2.60 bits per heavy atom. The zero-order valence-electron chi connectivity index (χ0n) is 13.6. The van der Waals surface area contributed by atoms with Crippen LogP contribution in [0.2, 0.25) is 0 Å². The number of carbonyl (C=O) groups is 1. The molecule has 0 aromatic heterocycles. The minimum Gasteiger partial charge on any atom is -0.311 e. The minimum absolute atomic E-state index is 0.00842. The molecule has 7 heteroatoms. The van der Waals surface area contributed by atoms with E-state index in [2.05, 4.69) is 0 Å². The standard InChI is InChI=1S/C18H17F2NO3S/c1-2-25(23,24)14-5-3-4-12(8-14)9-18(22)21-7-6-13-10-15(19)16(20)11-17(13)21/h3-5,8,10-11H,2,6-7,9H2,1H3. The van der Waals surface area contributed by atoms with Gasteiger partial charge in [0.15, 0.2) is 21.5 Å². The molecular formula is C18H17F2NO3S. The van der Waals surface area contributed by atoms with Crippen molar-refractivity contribution in [2.75, 3.05) is 17.2 Å². The first kappa shape index (κ1) is 17.5. The maximum atomic E-state index is 13.5. The topological polar surface area (TPSA) is 54.5 Å². The van der Waals surface area contributed by atoms with Crippen molar-refractivity contribution in [1.29, 1.82) is 0 Å². The zero-order chi connectivity index (χ0) is 18.2. The first-order chi connectivity index (χ1) is 11.8. The molecule has 0 N–H and O–H groups in total. The number of nitrogens with zero attached hydrogens (tertiary/aromatic N) is 1. The summed E-state index contributed by atoms with van der Waals surface area (Å²) in [6, 6.07) is 8.40. The third-order valence-electron chi connectivity index (χ3n) is 4.31. The van der Waals surface area contributed by atoms with E-state index in [0.29, 0.717) is 29.8 Å². The Kier molecular flexibility index (Phi) is 4.60. The van der Waals surface area contributed by atoms with E-state index in [1.807, 2.05) is 0 Å². The Bertz CT molecular complexity index is 941. The van der Waals surface area contributed by atoms with Gasteiger partial charge in [-0.05, 0) is 35.7 Å². The number of carbonyl (C=O) groups excluding carboxylic acids is 1. The largest absolute Gasteiger partial charge is 0.311 e. The van der Waals surface area contributed by atoms with Gasteiger partial charge in [-0.25, -0.2) is 17.2 Å². The SMILES string of the molecule is CCS(=O)(=O)c1cccc(CC(=O)N2CCc3cc(F)c(F)cc32)c1. The Morgan fingerprint density at radius 2 is 1.88 bits per heavy atom. The van der Waals surface area contributed by atoms with Crippen LogP contribution in [0, 0.1) is 11.6 Å². The predicted molar refractivity (Wildman–Crippen MR) is 90.3 cm³/mol. The molecule has 0 bridgehead atoms. The number of sulfone groups is 1. The van der Waals surface area contributed by atoms with Crippen molar-refractivity contribution in [3.8, 4) is 0 Å². The second-order valence-electron chi connectivity index (χ2n) is 5.92. The van der Waals surface area contributed by atoms with Crippen LogP contribution < -0.4 is 4.90 Å². The average Bonchev–Trinajstić information content (AvgIpc) is 2.98. The van der Waals surface area contributed by atoms with E-state index in [0.717, 1.165) is 12.1 Å². The fraction of sp³-hybridized carbons (Fsp3) is 0.278. The molecule has 1 amide bonds. The molecule has 1 heterocycles. The molecule has 0 atom stereocenters. The van der Waals surface area contributed by atoms with Gasteiger partial charge >= 0.3 is 0 Å². The van der Waals surface area contributed by atoms with Crippen LogP contribution in [0.15, 0.2) is 41.3 Å². The molecule has 3 rings (SSSR count). The second-order valence-corrected chi connectivity index (χ2v) is 8.20. The Hall–Kier alpha value is -2.28. The second kappa shape index (κ2) is 6.55. The van der Waals surface area contributed by atoms with Crippen molar-refractivity contribution in [2.24, 2.45) is 0 Å². The van der Waals surface area contributed by atoms with Gasteiger partial charge in [-0.2, -0.15) is 0 Å². The summed E-state index contributed by atoms with van der Waals surface area (Å²) in [5.41, 5.74) is 1.53. The fourth-order valence-electron chi connectivity index (χ4n) is 2.93. The van der Waals surface area contributed by atoms with E-state index in [1.54, 1.807) is 19.1 Å². The molecular weight excluding hydrogens is 348 g/mol. The number of anilines is 1. The lowest BCUT2D eigenvalue weighted by Gasteiger charge is -2.17. The van der Waals surface area contributed by atoms with Crippen molar-refractivity contribution in [2.45, 2.75) is 24.7 Å². The van der Waals surface area contributed by atoms with Crippen LogP contribution in [0.1, 0.15) is 18.1 Å². The summed E-state index contributed by atoms with van der Waals surface area (Å²) in [5, 5.41) is 0. The highest BCUT2D eigenvalue weighted by molar-refractivity contribution is 7.91. The minimum atomic E-state index is -3.35. The van der Waals surface area contributed by atoms with Gasteiger partial charge in [-0.3, -0.25) is 4.79 Å². The van der Waals surface area contributed by atoms with E-state index in [4.69, 9.17) is 0 Å². The Labute approximate surface area is 145 Å². The quantitative estimate of drug-likeness (QED) is 0.837. The Morgan fingerprint density at radius 1 is 1.16 bits per heavy atom. The lowest BCUT2D eigenvalue weighted by atomic mass is 10.1. The number of benzene rings is 2. The summed E-state index contributed by atoms with van der Waals surface area (Å²) >= 11 is 0. The molecule has 0 spiro atoms. The number of hydrogen-bond donors (Lipinski definition) is 0. The van der Waals surface area contributed by atoms with Crippen LogP contribution in [0.4, 0.5) is 14.5 Å². The van der Waals surface area contributed by atoms with Crippen molar-refractivity contribution in [3.05, 3.63) is 59.2 Å². The van der Waals surface area contributed by atoms with Gasteiger partial charge in [-0.15, -0.1) is 0 Å². The van der Waals surface area contributed by atoms with Crippen LogP contribution in [0.25, 0.3) is 0 Å². The van der Waals surface area contributed by atoms with Crippen LogP contribution in [-0.2, 0) is 27.5 Å². The van der Waals surface area contributed by atoms with E-state index < -0.39 is 21.5 Å². The number of rotatable bonds is 4. The van der Waals surface area contributed by atoms with Crippen molar-refractivity contribution in [3.63, 3.8) is 0 Å². The van der Waals surface area contributed by atoms with Gasteiger partial charge < -0.3 is 4.90 Å². The summed E-state index contributed by atoms with van der Waals surface area (Å²) in [4.78, 5) is 14.2. The highest BCUT2D eigenvalue weighted by Crippen LogP contribution is 2.30. The lowest BCUT2D eigenvalue weighted by molar-refractivity contribution is -0.117. The number of fused-ring (bicyclic) bond motifs is 1. The third-order valence-corrected chi connectivity index (χ3v) is 6.04. The highest BCUT2D eigenvalue weighted by Gasteiger charge is 2.26. The molecule has 4 nitrogen and oxygen atoms in total. The molecule has 1 aliphatic heterocycles. The molecule has 0 fully saturated rings. The van der Waals surface area contributed by atoms with Gasteiger partial charge in [0.25, 0.3) is 0 Å². The van der Waals surface area contributed by atoms with E-state index in [-0.39, 0.29) is 23.0 Å². The number of halogens is 2. The molecule has 0 aliphatic carbocycles. The number of hydrogen-bond acceptors (Lipinski definition) is 3. The highest BCUT2D eigenvalue weighted by atomic mass is 32.2. The van der Waals surface area contributed by atoms with Gasteiger partial charge in [0.05, 0.1) is 22.8 Å². The van der Waals surface area contributed by atoms with Crippen LogP contribution in [0.5, 0.6) is 0 Å². The van der Waals surface area contributed by atoms with Gasteiger partial charge in [0, 0.05) is 12.6 Å². The summed E-state index contributed by atoms with van der Waals surface area (Å²) in [6.07, 6.45) is 0.452. The van der Waals surface area contributed by atoms with Crippen molar-refractivity contribution < 1.29 is 22.0 Å². The van der Waals surface area contributed by atoms with Crippen LogP contribution in [0.3, 0.4) is 0 Å². The zero-order valence-corrected chi connectivity index (χ0v) is 14.4. The maximum absolute atomic E-state index is 13.5.